The zero-order valence-electron chi connectivity index (χ0n) is 13.1. The Morgan fingerprint density at radius 1 is 1.32 bits per heavy atom. The van der Waals surface area contributed by atoms with E-state index in [-0.39, 0.29) is 11.9 Å². The number of carbonyl (C=O) groups excluding carboxylic acids is 2. The van der Waals surface area contributed by atoms with Crippen LogP contribution < -0.4 is 5.32 Å². The Labute approximate surface area is 144 Å². The average Bonchev–Trinajstić information content (AvgIpc) is 2.36. The van der Waals surface area contributed by atoms with Crippen LogP contribution in [-0.4, -0.2) is 41.6 Å². The third kappa shape index (κ3) is 4.59. The van der Waals surface area contributed by atoms with Crippen molar-refractivity contribution >= 4 is 34.6 Å². The molecule has 5 nitrogen and oxygen atoms in total. The van der Waals surface area contributed by atoms with Crippen LogP contribution in [-0.2, 0) is 4.74 Å². The summed E-state index contributed by atoms with van der Waals surface area (Å²) in [7, 11) is 0. The fourth-order valence-corrected chi connectivity index (χ4v) is 2.55. The first-order valence-electron chi connectivity index (χ1n) is 7.29. The monoisotopic (exact) mass is 416 g/mol. The van der Waals surface area contributed by atoms with Gasteiger partial charge in [0, 0.05) is 22.2 Å². The highest BCUT2D eigenvalue weighted by Gasteiger charge is 2.33. The van der Waals surface area contributed by atoms with E-state index in [2.05, 4.69) is 27.9 Å². The van der Waals surface area contributed by atoms with Gasteiger partial charge in [0.15, 0.2) is 0 Å². The third-order valence-corrected chi connectivity index (χ3v) is 4.10. The summed E-state index contributed by atoms with van der Waals surface area (Å²) in [5.41, 5.74) is 0.169. The Bertz CT molecular complexity index is 552. The Hall–Kier alpha value is -1.31. The van der Waals surface area contributed by atoms with E-state index in [0.29, 0.717) is 12.1 Å². The van der Waals surface area contributed by atoms with Crippen LogP contribution in [0.15, 0.2) is 24.3 Å². The highest BCUT2D eigenvalue weighted by molar-refractivity contribution is 14.1. The summed E-state index contributed by atoms with van der Waals surface area (Å²) in [5, 5.41) is 2.73. The summed E-state index contributed by atoms with van der Waals surface area (Å²) < 4.78 is 6.29. The van der Waals surface area contributed by atoms with Crippen LogP contribution >= 0.6 is 22.6 Å². The number of nitrogens with one attached hydrogen (secondary N) is 1. The van der Waals surface area contributed by atoms with Gasteiger partial charge in [0.25, 0.3) is 5.91 Å². The number of ether oxygens (including phenoxy) is 1. The van der Waals surface area contributed by atoms with E-state index in [0.717, 1.165) is 16.5 Å². The molecule has 1 aliphatic rings. The standard InChI is InChI=1S/C16H21IN2O3/c1-16(2,3)22-15(21)18-10-13-8-9-19(13)14(20)11-4-6-12(17)7-5-11/h4-7,13H,8-10H2,1-3H3,(H,18,21). The lowest BCUT2D eigenvalue weighted by atomic mass is 10.0. The van der Waals surface area contributed by atoms with Crippen LogP contribution in [0.1, 0.15) is 37.6 Å². The molecule has 1 N–H and O–H groups in total. The first-order chi connectivity index (χ1) is 10.3. The number of alkyl carbamates (subject to hydrolysis) is 1. The van der Waals surface area contributed by atoms with Gasteiger partial charge in [-0.05, 0) is 74.0 Å². The molecule has 0 aromatic heterocycles. The molecule has 120 valence electrons. The predicted molar refractivity (Wildman–Crippen MR) is 92.8 cm³/mol. The van der Waals surface area contributed by atoms with Gasteiger partial charge in [-0.2, -0.15) is 0 Å². The van der Waals surface area contributed by atoms with Crippen LogP contribution in [0.4, 0.5) is 4.79 Å². The Morgan fingerprint density at radius 2 is 1.95 bits per heavy atom. The van der Waals surface area contributed by atoms with Crippen molar-refractivity contribution in [2.24, 2.45) is 0 Å². The molecular formula is C16H21IN2O3. The fraction of sp³-hybridized carbons (Fsp3) is 0.500. The maximum absolute atomic E-state index is 12.4. The minimum absolute atomic E-state index is 0.0126. The van der Waals surface area contributed by atoms with E-state index >= 15 is 0 Å². The quantitative estimate of drug-likeness (QED) is 0.771. The second kappa shape index (κ2) is 6.85. The molecule has 1 aromatic rings. The van der Waals surface area contributed by atoms with Crippen LogP contribution in [0.3, 0.4) is 0 Å². The number of amides is 2. The molecule has 0 spiro atoms. The summed E-state index contributed by atoms with van der Waals surface area (Å²) in [4.78, 5) is 25.8. The van der Waals surface area contributed by atoms with Crippen LogP contribution in [0, 0.1) is 3.57 Å². The lowest BCUT2D eigenvalue weighted by Crippen LogP contribution is -2.56. The fourth-order valence-electron chi connectivity index (χ4n) is 2.19. The van der Waals surface area contributed by atoms with Gasteiger partial charge in [0.1, 0.15) is 5.60 Å². The minimum Gasteiger partial charge on any atom is -0.444 e. The molecule has 2 amide bonds. The molecule has 1 fully saturated rings. The van der Waals surface area contributed by atoms with Crippen molar-refractivity contribution in [1.29, 1.82) is 0 Å². The number of hydrogen-bond donors (Lipinski definition) is 1. The molecule has 1 aliphatic heterocycles. The zero-order chi connectivity index (χ0) is 16.3. The van der Waals surface area contributed by atoms with Crippen molar-refractivity contribution in [1.82, 2.24) is 10.2 Å². The smallest absolute Gasteiger partial charge is 0.407 e. The van der Waals surface area contributed by atoms with Crippen LogP contribution in [0.5, 0.6) is 0 Å². The predicted octanol–water partition coefficient (Wildman–Crippen LogP) is 3.03. The number of halogens is 1. The van der Waals surface area contributed by atoms with Gasteiger partial charge in [0.05, 0.1) is 6.04 Å². The zero-order valence-corrected chi connectivity index (χ0v) is 15.2. The van der Waals surface area contributed by atoms with Gasteiger partial charge in [-0.1, -0.05) is 0 Å². The molecule has 0 bridgehead atoms. The Balaban J connectivity index is 1.85. The third-order valence-electron chi connectivity index (χ3n) is 3.38. The Kier molecular flexibility index (Phi) is 5.31. The molecule has 1 unspecified atom stereocenters. The summed E-state index contributed by atoms with van der Waals surface area (Å²) in [5.74, 6) is 0.0126. The SMILES string of the molecule is CC(C)(C)OC(=O)NCC1CCN1C(=O)c1ccc(I)cc1. The summed E-state index contributed by atoms with van der Waals surface area (Å²) in [6, 6.07) is 7.55. The maximum atomic E-state index is 12.4. The van der Waals surface area contributed by atoms with Crippen LogP contribution in [0.25, 0.3) is 0 Å². The number of rotatable bonds is 3. The molecule has 2 rings (SSSR count). The van der Waals surface area contributed by atoms with Crippen molar-refractivity contribution < 1.29 is 14.3 Å². The van der Waals surface area contributed by atoms with Gasteiger partial charge in [-0.3, -0.25) is 4.79 Å². The second-order valence-corrected chi connectivity index (χ2v) is 7.58. The molecule has 1 atom stereocenters. The van der Waals surface area contributed by atoms with Gasteiger partial charge in [-0.15, -0.1) is 0 Å². The first-order valence-corrected chi connectivity index (χ1v) is 8.37. The van der Waals surface area contributed by atoms with Gasteiger partial charge >= 0.3 is 6.09 Å². The van der Waals surface area contributed by atoms with E-state index in [9.17, 15) is 9.59 Å². The number of likely N-dealkylation sites (tertiary alicyclic amines) is 1. The first kappa shape index (κ1) is 17.1. The number of hydrogen-bond acceptors (Lipinski definition) is 3. The van der Waals surface area contributed by atoms with Crippen molar-refractivity contribution in [2.45, 2.75) is 38.8 Å². The Morgan fingerprint density at radius 3 is 2.45 bits per heavy atom. The van der Waals surface area contributed by atoms with Crippen molar-refractivity contribution in [2.75, 3.05) is 13.1 Å². The molecule has 0 saturated carbocycles. The largest absolute Gasteiger partial charge is 0.444 e. The molecular weight excluding hydrogens is 395 g/mol. The lowest BCUT2D eigenvalue weighted by Gasteiger charge is -2.41. The van der Waals surface area contributed by atoms with Gasteiger partial charge < -0.3 is 15.0 Å². The molecule has 0 aliphatic carbocycles. The van der Waals surface area contributed by atoms with Crippen molar-refractivity contribution in [3.05, 3.63) is 33.4 Å². The number of benzene rings is 1. The van der Waals surface area contributed by atoms with Crippen molar-refractivity contribution in [3.8, 4) is 0 Å². The summed E-state index contributed by atoms with van der Waals surface area (Å²) in [6.45, 7) is 6.62. The minimum atomic E-state index is -0.514. The topological polar surface area (TPSA) is 58.6 Å². The van der Waals surface area contributed by atoms with E-state index in [1.165, 1.54) is 0 Å². The molecule has 22 heavy (non-hydrogen) atoms. The maximum Gasteiger partial charge on any atom is 0.407 e. The lowest BCUT2D eigenvalue weighted by molar-refractivity contribution is 0.0374. The highest BCUT2D eigenvalue weighted by Crippen LogP contribution is 2.20. The molecule has 1 aromatic carbocycles. The van der Waals surface area contributed by atoms with E-state index in [4.69, 9.17) is 4.74 Å². The molecule has 0 radical (unpaired) electrons. The molecule has 6 heteroatoms. The number of nitrogens with zero attached hydrogens (tertiary/aromatic N) is 1. The summed E-state index contributed by atoms with van der Waals surface area (Å²) in [6.07, 6.45) is 0.451. The van der Waals surface area contributed by atoms with Crippen molar-refractivity contribution in [3.63, 3.8) is 0 Å². The average molecular weight is 416 g/mol. The van der Waals surface area contributed by atoms with Crippen LogP contribution in [0.2, 0.25) is 0 Å². The number of carbonyl (C=O) groups is 2. The van der Waals surface area contributed by atoms with E-state index < -0.39 is 11.7 Å². The van der Waals surface area contributed by atoms with Gasteiger partial charge in [-0.25, -0.2) is 4.79 Å². The van der Waals surface area contributed by atoms with E-state index in [1.54, 1.807) is 4.90 Å². The molecule has 1 heterocycles. The summed E-state index contributed by atoms with van der Waals surface area (Å²) >= 11 is 2.21. The molecule has 1 saturated heterocycles. The van der Waals surface area contributed by atoms with Gasteiger partial charge in [0.2, 0.25) is 0 Å². The van der Waals surface area contributed by atoms with E-state index in [1.807, 2.05) is 45.0 Å². The second-order valence-electron chi connectivity index (χ2n) is 6.33. The highest BCUT2D eigenvalue weighted by atomic mass is 127. The normalized spacial score (nSPS) is 17.6.